The molecule has 0 unspecified atom stereocenters. The van der Waals surface area contributed by atoms with Gasteiger partial charge in [0.1, 0.15) is 10.9 Å². The number of rotatable bonds is 3. The number of ether oxygens (including phenoxy) is 1. The van der Waals surface area contributed by atoms with Crippen molar-refractivity contribution in [1.82, 2.24) is 9.55 Å². The predicted octanol–water partition coefficient (Wildman–Crippen LogP) is 3.07. The van der Waals surface area contributed by atoms with Crippen LogP contribution in [-0.2, 0) is 0 Å². The lowest BCUT2D eigenvalue weighted by molar-refractivity contribution is 0.412. The molecule has 0 aliphatic rings. The van der Waals surface area contributed by atoms with E-state index in [4.69, 9.17) is 16.3 Å². The molecule has 0 spiro atoms. The molecule has 0 amide bonds. The summed E-state index contributed by atoms with van der Waals surface area (Å²) < 4.78 is 6.99. The van der Waals surface area contributed by atoms with E-state index in [1.807, 2.05) is 13.8 Å². The highest BCUT2D eigenvalue weighted by molar-refractivity contribution is 9.10. The number of nitrogens with one attached hydrogen (secondary N) is 1. The second-order valence-electron chi connectivity index (χ2n) is 4.77. The third-order valence-corrected chi connectivity index (χ3v) is 3.84. The molecule has 5 nitrogen and oxygen atoms in total. The topological polar surface area (TPSA) is 64.1 Å². The SMILES string of the molecule is COc1ccc(Br)cc1-n1c(=O)[nH]c(Cl)c(C(C)C)c1=O. The van der Waals surface area contributed by atoms with Gasteiger partial charge in [0, 0.05) is 4.47 Å². The fourth-order valence-electron chi connectivity index (χ4n) is 2.08. The minimum absolute atomic E-state index is 0.0743. The lowest BCUT2D eigenvalue weighted by atomic mass is 10.1. The second kappa shape index (κ2) is 6.07. The van der Waals surface area contributed by atoms with Gasteiger partial charge in [0.05, 0.1) is 18.4 Å². The quantitative estimate of drug-likeness (QED) is 0.841. The summed E-state index contributed by atoms with van der Waals surface area (Å²) in [5, 5.41) is 0.0743. The Bertz CT molecular complexity index is 796. The van der Waals surface area contributed by atoms with Crippen molar-refractivity contribution in [3.8, 4) is 11.4 Å². The van der Waals surface area contributed by atoms with Gasteiger partial charge >= 0.3 is 5.69 Å². The van der Waals surface area contributed by atoms with Crippen molar-refractivity contribution in [3.05, 3.63) is 54.2 Å². The first-order valence-corrected chi connectivity index (χ1v) is 7.42. The predicted molar refractivity (Wildman–Crippen MR) is 86.0 cm³/mol. The molecule has 0 saturated carbocycles. The molecule has 0 fully saturated rings. The Hall–Kier alpha value is -1.53. The van der Waals surface area contributed by atoms with E-state index >= 15 is 0 Å². The first kappa shape index (κ1) is 15.9. The van der Waals surface area contributed by atoms with Gasteiger partial charge < -0.3 is 4.74 Å². The number of aromatic nitrogens is 2. The Kier molecular flexibility index (Phi) is 4.58. The molecule has 0 aliphatic carbocycles. The van der Waals surface area contributed by atoms with Crippen molar-refractivity contribution >= 4 is 27.5 Å². The number of hydrogen-bond donors (Lipinski definition) is 1. The number of halogens is 2. The van der Waals surface area contributed by atoms with Crippen LogP contribution in [0.3, 0.4) is 0 Å². The Labute approximate surface area is 134 Å². The molecule has 2 rings (SSSR count). The zero-order valence-electron chi connectivity index (χ0n) is 11.7. The van der Waals surface area contributed by atoms with E-state index < -0.39 is 11.2 Å². The Morgan fingerprint density at radius 1 is 1.33 bits per heavy atom. The summed E-state index contributed by atoms with van der Waals surface area (Å²) in [4.78, 5) is 27.3. The molecule has 0 bridgehead atoms. The van der Waals surface area contributed by atoms with Crippen LogP contribution in [0.15, 0.2) is 32.3 Å². The van der Waals surface area contributed by atoms with Gasteiger partial charge in [0.25, 0.3) is 5.56 Å². The van der Waals surface area contributed by atoms with Crippen molar-refractivity contribution < 1.29 is 4.74 Å². The maximum atomic E-state index is 12.6. The van der Waals surface area contributed by atoms with E-state index in [1.165, 1.54) is 7.11 Å². The third-order valence-electron chi connectivity index (χ3n) is 3.05. The number of hydrogen-bond acceptors (Lipinski definition) is 3. The van der Waals surface area contributed by atoms with Crippen molar-refractivity contribution in [3.63, 3.8) is 0 Å². The standard InChI is InChI=1S/C14H14BrClN2O3/c1-7(2)11-12(16)17-14(20)18(13(11)19)9-6-8(15)4-5-10(9)21-3/h4-7H,1-3H3,(H,17,20). The molecule has 1 aromatic carbocycles. The molecule has 7 heteroatoms. The Balaban J connectivity index is 2.88. The summed E-state index contributed by atoms with van der Waals surface area (Å²) in [6.45, 7) is 3.67. The summed E-state index contributed by atoms with van der Waals surface area (Å²) >= 11 is 9.31. The Morgan fingerprint density at radius 2 is 2.00 bits per heavy atom. The highest BCUT2D eigenvalue weighted by Gasteiger charge is 2.19. The van der Waals surface area contributed by atoms with Crippen LogP contribution in [-0.4, -0.2) is 16.7 Å². The second-order valence-corrected chi connectivity index (χ2v) is 6.06. The summed E-state index contributed by atoms with van der Waals surface area (Å²) in [6.07, 6.45) is 0. The monoisotopic (exact) mass is 372 g/mol. The maximum Gasteiger partial charge on any atom is 0.334 e. The van der Waals surface area contributed by atoms with Crippen LogP contribution in [0, 0.1) is 0 Å². The van der Waals surface area contributed by atoms with Gasteiger partial charge in [-0.3, -0.25) is 9.78 Å². The lowest BCUT2D eigenvalue weighted by Crippen LogP contribution is -2.36. The van der Waals surface area contributed by atoms with Gasteiger partial charge in [-0.2, -0.15) is 0 Å². The van der Waals surface area contributed by atoms with E-state index in [0.717, 1.165) is 9.04 Å². The first-order chi connectivity index (χ1) is 9.86. The largest absolute Gasteiger partial charge is 0.495 e. The highest BCUT2D eigenvalue weighted by Crippen LogP contribution is 2.25. The van der Waals surface area contributed by atoms with Gasteiger partial charge in [-0.05, 0) is 24.1 Å². The van der Waals surface area contributed by atoms with E-state index in [1.54, 1.807) is 18.2 Å². The summed E-state index contributed by atoms with van der Waals surface area (Å²) in [6, 6.07) is 5.09. The van der Waals surface area contributed by atoms with Crippen LogP contribution in [0.25, 0.3) is 5.69 Å². The molecule has 1 N–H and O–H groups in total. The molecule has 0 saturated heterocycles. The number of aromatic amines is 1. The minimum atomic E-state index is -0.606. The molecule has 0 radical (unpaired) electrons. The average Bonchev–Trinajstić information content (AvgIpc) is 2.37. The van der Waals surface area contributed by atoms with E-state index in [0.29, 0.717) is 17.0 Å². The number of nitrogens with zero attached hydrogens (tertiary/aromatic N) is 1. The van der Waals surface area contributed by atoms with Crippen LogP contribution in [0.1, 0.15) is 25.3 Å². The van der Waals surface area contributed by atoms with Gasteiger partial charge in [0.15, 0.2) is 0 Å². The maximum absolute atomic E-state index is 12.6. The summed E-state index contributed by atoms with van der Waals surface area (Å²) in [7, 11) is 1.48. The number of benzene rings is 1. The molecule has 112 valence electrons. The van der Waals surface area contributed by atoms with Crippen molar-refractivity contribution in [2.45, 2.75) is 19.8 Å². The molecular formula is C14H14BrClN2O3. The van der Waals surface area contributed by atoms with E-state index in [-0.39, 0.29) is 11.1 Å². The average molecular weight is 374 g/mol. The molecule has 1 aromatic heterocycles. The smallest absolute Gasteiger partial charge is 0.334 e. The fraction of sp³-hybridized carbons (Fsp3) is 0.286. The molecule has 1 heterocycles. The first-order valence-electron chi connectivity index (χ1n) is 6.25. The van der Waals surface area contributed by atoms with Gasteiger partial charge in [0.2, 0.25) is 0 Å². The van der Waals surface area contributed by atoms with Crippen LogP contribution < -0.4 is 16.0 Å². The molecular weight excluding hydrogens is 360 g/mol. The summed E-state index contributed by atoms with van der Waals surface area (Å²) in [5.41, 5.74) is -0.337. The van der Waals surface area contributed by atoms with E-state index in [9.17, 15) is 9.59 Å². The van der Waals surface area contributed by atoms with Crippen molar-refractivity contribution in [2.24, 2.45) is 0 Å². The van der Waals surface area contributed by atoms with Crippen LogP contribution >= 0.6 is 27.5 Å². The third kappa shape index (κ3) is 2.91. The number of H-pyrrole nitrogens is 1. The van der Waals surface area contributed by atoms with Crippen LogP contribution in [0.5, 0.6) is 5.75 Å². The van der Waals surface area contributed by atoms with E-state index in [2.05, 4.69) is 20.9 Å². The minimum Gasteiger partial charge on any atom is -0.495 e. The molecule has 0 aliphatic heterocycles. The van der Waals surface area contributed by atoms with Gasteiger partial charge in [-0.1, -0.05) is 41.4 Å². The summed E-state index contributed by atoms with van der Waals surface area (Å²) in [5.74, 6) is 0.300. The number of methoxy groups -OCH3 is 1. The van der Waals surface area contributed by atoms with Crippen LogP contribution in [0.2, 0.25) is 5.15 Å². The zero-order chi connectivity index (χ0) is 15.7. The zero-order valence-corrected chi connectivity index (χ0v) is 14.1. The van der Waals surface area contributed by atoms with Gasteiger partial charge in [-0.25, -0.2) is 9.36 Å². The van der Waals surface area contributed by atoms with Crippen molar-refractivity contribution in [2.75, 3.05) is 7.11 Å². The highest BCUT2D eigenvalue weighted by atomic mass is 79.9. The molecule has 0 atom stereocenters. The van der Waals surface area contributed by atoms with Crippen molar-refractivity contribution in [1.29, 1.82) is 0 Å². The Morgan fingerprint density at radius 3 is 2.57 bits per heavy atom. The molecule has 2 aromatic rings. The van der Waals surface area contributed by atoms with Crippen LogP contribution in [0.4, 0.5) is 0 Å². The van der Waals surface area contributed by atoms with Gasteiger partial charge in [-0.15, -0.1) is 0 Å². The normalized spacial score (nSPS) is 11.0. The lowest BCUT2D eigenvalue weighted by Gasteiger charge is -2.14. The molecule has 21 heavy (non-hydrogen) atoms. The fourth-order valence-corrected chi connectivity index (χ4v) is 2.81.